The second kappa shape index (κ2) is 6.54. The fourth-order valence-corrected chi connectivity index (χ4v) is 2.81. The summed E-state index contributed by atoms with van der Waals surface area (Å²) < 4.78 is 6.13. The summed E-state index contributed by atoms with van der Waals surface area (Å²) in [6.45, 7) is 0.0581. The van der Waals surface area contributed by atoms with Gasteiger partial charge in [-0.3, -0.25) is 9.59 Å². The molecule has 1 aromatic carbocycles. The Labute approximate surface area is 156 Å². The van der Waals surface area contributed by atoms with Gasteiger partial charge in [-0.05, 0) is 17.7 Å². The van der Waals surface area contributed by atoms with Crippen LogP contribution in [0.15, 0.2) is 35.3 Å². The van der Waals surface area contributed by atoms with Gasteiger partial charge in [0.05, 0.1) is 5.69 Å². The van der Waals surface area contributed by atoms with Crippen LogP contribution in [0, 0.1) is 0 Å². The molecule has 0 bridgehead atoms. The van der Waals surface area contributed by atoms with E-state index in [4.69, 9.17) is 4.74 Å². The van der Waals surface area contributed by atoms with Gasteiger partial charge in [-0.1, -0.05) is 6.07 Å². The molecule has 11 heteroatoms. The average Bonchev–Trinajstić information content (AvgIpc) is 3.05. The van der Waals surface area contributed by atoms with Crippen LogP contribution in [0.25, 0.3) is 5.65 Å². The van der Waals surface area contributed by atoms with Crippen molar-refractivity contribution in [2.75, 3.05) is 11.9 Å². The van der Waals surface area contributed by atoms with Crippen molar-refractivity contribution >= 4 is 29.1 Å². The van der Waals surface area contributed by atoms with Crippen molar-refractivity contribution in [1.29, 1.82) is 0 Å². The number of aromatic amines is 1. The Bertz CT molecular complexity index is 1190. The molecule has 0 spiro atoms. The van der Waals surface area contributed by atoms with Gasteiger partial charge < -0.3 is 25.5 Å². The largest absolute Gasteiger partial charge is 0.482 e. The first-order valence-electron chi connectivity index (χ1n) is 8.10. The Hall–Kier alpha value is -4.15. The molecule has 142 valence electrons. The highest BCUT2D eigenvalue weighted by Gasteiger charge is 2.19. The summed E-state index contributed by atoms with van der Waals surface area (Å²) in [5.41, 5.74) is 0.0209. The summed E-state index contributed by atoms with van der Waals surface area (Å²) in [5.74, 6) is -1.72. The number of rotatable bonds is 4. The summed E-state index contributed by atoms with van der Waals surface area (Å²) in [6.07, 6.45) is 1.22. The highest BCUT2D eigenvalue weighted by Crippen LogP contribution is 2.28. The van der Waals surface area contributed by atoms with Gasteiger partial charge in [-0.25, -0.2) is 19.0 Å². The van der Waals surface area contributed by atoms with Gasteiger partial charge in [0, 0.05) is 18.8 Å². The van der Waals surface area contributed by atoms with E-state index in [9.17, 15) is 24.3 Å². The minimum atomic E-state index is -1.37. The first kappa shape index (κ1) is 17.3. The predicted molar refractivity (Wildman–Crippen MR) is 94.5 cm³/mol. The fourth-order valence-electron chi connectivity index (χ4n) is 2.81. The number of aromatic nitrogens is 3. The van der Waals surface area contributed by atoms with Crippen LogP contribution in [0.3, 0.4) is 0 Å². The molecule has 3 heterocycles. The number of hydrogen-bond acceptors (Lipinski definition) is 6. The number of hydrogen-bond donors (Lipinski definition) is 4. The molecule has 2 aromatic heterocycles. The Kier molecular flexibility index (Phi) is 4.03. The summed E-state index contributed by atoms with van der Waals surface area (Å²) in [7, 11) is 0. The Morgan fingerprint density at radius 1 is 1.29 bits per heavy atom. The van der Waals surface area contributed by atoms with E-state index in [0.717, 1.165) is 10.5 Å². The molecule has 4 N–H and O–H groups in total. The van der Waals surface area contributed by atoms with Crippen molar-refractivity contribution in [2.24, 2.45) is 0 Å². The number of carboxylic acids is 1. The van der Waals surface area contributed by atoms with Crippen molar-refractivity contribution in [3.63, 3.8) is 0 Å². The number of aromatic carboxylic acids is 1. The minimum absolute atomic E-state index is 0.0173. The van der Waals surface area contributed by atoms with Gasteiger partial charge in [0.25, 0.3) is 11.8 Å². The summed E-state index contributed by atoms with van der Waals surface area (Å²) in [4.78, 5) is 53.3. The Balaban J connectivity index is 1.56. The van der Waals surface area contributed by atoms with Crippen LogP contribution in [-0.4, -0.2) is 43.9 Å². The van der Waals surface area contributed by atoms with Gasteiger partial charge in [0.1, 0.15) is 17.1 Å². The molecule has 2 amide bonds. The van der Waals surface area contributed by atoms with Crippen LogP contribution in [0.4, 0.5) is 5.69 Å². The van der Waals surface area contributed by atoms with Crippen molar-refractivity contribution in [3.8, 4) is 5.75 Å². The van der Waals surface area contributed by atoms with E-state index in [0.29, 0.717) is 17.0 Å². The van der Waals surface area contributed by atoms with Crippen molar-refractivity contribution in [1.82, 2.24) is 19.7 Å². The second-order valence-corrected chi connectivity index (χ2v) is 5.97. The van der Waals surface area contributed by atoms with Gasteiger partial charge in [-0.2, -0.15) is 0 Å². The average molecular weight is 383 g/mol. The number of H-pyrrole nitrogens is 1. The zero-order valence-corrected chi connectivity index (χ0v) is 14.2. The molecule has 0 fully saturated rings. The maximum atomic E-state index is 12.4. The number of imidazole rings is 1. The predicted octanol–water partition coefficient (Wildman–Crippen LogP) is -0.0183. The van der Waals surface area contributed by atoms with Crippen molar-refractivity contribution in [3.05, 3.63) is 57.9 Å². The molecule has 0 atom stereocenters. The number of amides is 2. The highest BCUT2D eigenvalue weighted by molar-refractivity contribution is 5.96. The van der Waals surface area contributed by atoms with Gasteiger partial charge in [0.2, 0.25) is 0 Å². The maximum Gasteiger partial charge on any atom is 0.353 e. The lowest BCUT2D eigenvalue weighted by Gasteiger charge is -2.18. The van der Waals surface area contributed by atoms with Crippen LogP contribution in [0.1, 0.15) is 26.5 Å². The third-order valence-corrected chi connectivity index (χ3v) is 4.09. The normalized spacial score (nSPS) is 12.8. The highest BCUT2D eigenvalue weighted by atomic mass is 16.5. The smallest absolute Gasteiger partial charge is 0.353 e. The molecule has 1 aliphatic rings. The Morgan fingerprint density at radius 2 is 2.11 bits per heavy atom. The van der Waals surface area contributed by atoms with Crippen LogP contribution >= 0.6 is 0 Å². The zero-order chi connectivity index (χ0) is 19.8. The summed E-state index contributed by atoms with van der Waals surface area (Å²) in [5, 5.41) is 14.6. The quantitative estimate of drug-likeness (QED) is 0.493. The number of benzene rings is 1. The standard InChI is InChI=1S/C17H13N5O6/c23-14-7-28-12-2-1-8(3-9(12)21-14)5-18-15(24)10-4-11(16(25)26)22-13(20-10)6-19-17(22)27/h1-4,6H,5,7H2,(H,18,24)(H,19,27)(H,21,23)(H,25,26). The van der Waals surface area contributed by atoms with E-state index in [1.165, 1.54) is 6.20 Å². The lowest BCUT2D eigenvalue weighted by molar-refractivity contribution is -0.118. The molecule has 0 unspecified atom stereocenters. The van der Waals surface area contributed by atoms with E-state index in [1.54, 1.807) is 18.2 Å². The van der Waals surface area contributed by atoms with Crippen LogP contribution in [0.5, 0.6) is 5.75 Å². The molecule has 3 aromatic rings. The van der Waals surface area contributed by atoms with Gasteiger partial charge in [-0.15, -0.1) is 0 Å². The van der Waals surface area contributed by atoms with E-state index < -0.39 is 17.6 Å². The first-order chi connectivity index (χ1) is 13.4. The van der Waals surface area contributed by atoms with Gasteiger partial charge >= 0.3 is 11.7 Å². The molecule has 11 nitrogen and oxygen atoms in total. The summed E-state index contributed by atoms with van der Waals surface area (Å²) >= 11 is 0. The number of nitrogens with zero attached hydrogens (tertiary/aromatic N) is 2. The molecule has 0 radical (unpaired) electrons. The third-order valence-electron chi connectivity index (χ3n) is 4.09. The topological polar surface area (TPSA) is 155 Å². The first-order valence-corrected chi connectivity index (χ1v) is 8.10. The van der Waals surface area contributed by atoms with E-state index in [1.807, 2.05) is 0 Å². The zero-order valence-electron chi connectivity index (χ0n) is 14.2. The van der Waals surface area contributed by atoms with E-state index >= 15 is 0 Å². The lowest BCUT2D eigenvalue weighted by Crippen LogP contribution is -2.27. The minimum Gasteiger partial charge on any atom is -0.482 e. The number of fused-ring (bicyclic) bond motifs is 2. The maximum absolute atomic E-state index is 12.4. The number of carbonyl (C=O) groups is 3. The monoisotopic (exact) mass is 383 g/mol. The lowest BCUT2D eigenvalue weighted by atomic mass is 10.1. The van der Waals surface area contributed by atoms with E-state index in [-0.39, 0.29) is 36.1 Å². The van der Waals surface area contributed by atoms with Crippen LogP contribution in [-0.2, 0) is 11.3 Å². The number of carbonyl (C=O) groups excluding carboxylic acids is 2. The van der Waals surface area contributed by atoms with Crippen molar-refractivity contribution in [2.45, 2.75) is 6.54 Å². The molecular weight excluding hydrogens is 370 g/mol. The summed E-state index contributed by atoms with van der Waals surface area (Å²) in [6, 6.07) is 6.09. The molecule has 0 aliphatic carbocycles. The number of anilines is 1. The molecule has 28 heavy (non-hydrogen) atoms. The molecular formula is C17H13N5O6. The third kappa shape index (κ3) is 3.05. The van der Waals surface area contributed by atoms with Gasteiger partial charge in [0.15, 0.2) is 12.3 Å². The number of carboxylic acid groups (broad SMARTS) is 1. The molecule has 1 aliphatic heterocycles. The SMILES string of the molecule is O=C1COc2ccc(CNC(=O)c3cc(C(=O)O)n4c(=O)[nH]cc4n3)cc2N1. The second-order valence-electron chi connectivity index (χ2n) is 5.97. The molecule has 0 saturated heterocycles. The fraction of sp³-hybridized carbons (Fsp3) is 0.118. The van der Waals surface area contributed by atoms with Crippen molar-refractivity contribution < 1.29 is 24.2 Å². The Morgan fingerprint density at radius 3 is 2.89 bits per heavy atom. The number of ether oxygens (including phenoxy) is 1. The molecule has 0 saturated carbocycles. The van der Waals surface area contributed by atoms with E-state index in [2.05, 4.69) is 20.6 Å². The van der Waals surface area contributed by atoms with Crippen LogP contribution < -0.4 is 21.1 Å². The van der Waals surface area contributed by atoms with Crippen LogP contribution in [0.2, 0.25) is 0 Å². The number of nitrogens with one attached hydrogen (secondary N) is 3. The molecule has 4 rings (SSSR count).